The maximum Gasteiger partial charge on any atom is 0.226 e. The van der Waals surface area contributed by atoms with E-state index in [2.05, 4.69) is 20.2 Å². The van der Waals surface area contributed by atoms with Gasteiger partial charge >= 0.3 is 0 Å². The average Bonchev–Trinajstić information content (AvgIpc) is 2.30. The molecule has 1 fully saturated rings. The van der Waals surface area contributed by atoms with E-state index in [9.17, 15) is 0 Å². The van der Waals surface area contributed by atoms with Crippen molar-refractivity contribution in [3.05, 3.63) is 18.5 Å². The topological polar surface area (TPSA) is 41.1 Å². The van der Waals surface area contributed by atoms with Crippen LogP contribution < -0.4 is 10.2 Å². The summed E-state index contributed by atoms with van der Waals surface area (Å²) in [5.41, 5.74) is 0. The molecule has 0 aliphatic carbocycles. The van der Waals surface area contributed by atoms with Crippen molar-refractivity contribution in [2.75, 3.05) is 18.5 Å². The van der Waals surface area contributed by atoms with Gasteiger partial charge in [-0.05, 0) is 31.9 Å². The van der Waals surface area contributed by atoms with Gasteiger partial charge in [0.15, 0.2) is 0 Å². The molecule has 14 heavy (non-hydrogen) atoms. The Labute approximate surface area is 84.4 Å². The summed E-state index contributed by atoms with van der Waals surface area (Å²) in [6.45, 7) is 1.10. The standard InChI is InChI=1S/C10H16N4/c1-14(9-5-2-3-6-11-9)10-12-7-4-8-13-10/h4,7-9,11H,2-3,5-6H2,1H3. The third kappa shape index (κ3) is 2.01. The molecule has 0 radical (unpaired) electrons. The van der Waals surface area contributed by atoms with Crippen LogP contribution in [0.25, 0.3) is 0 Å². The van der Waals surface area contributed by atoms with Crippen LogP contribution in [0.5, 0.6) is 0 Å². The molecule has 1 N–H and O–H groups in total. The molecule has 0 bridgehead atoms. The van der Waals surface area contributed by atoms with Crippen molar-refractivity contribution in [1.29, 1.82) is 0 Å². The molecule has 4 heteroatoms. The normalized spacial score (nSPS) is 21.9. The SMILES string of the molecule is CN(c1ncccn1)C1CCCCN1. The van der Waals surface area contributed by atoms with Crippen LogP contribution in [-0.4, -0.2) is 29.7 Å². The first-order chi connectivity index (χ1) is 6.88. The Bertz CT molecular complexity index is 269. The predicted molar refractivity (Wildman–Crippen MR) is 56.1 cm³/mol. The lowest BCUT2D eigenvalue weighted by molar-refractivity contribution is 0.394. The highest BCUT2D eigenvalue weighted by molar-refractivity contribution is 5.28. The number of nitrogens with one attached hydrogen (secondary N) is 1. The van der Waals surface area contributed by atoms with E-state index < -0.39 is 0 Å². The van der Waals surface area contributed by atoms with E-state index in [4.69, 9.17) is 0 Å². The van der Waals surface area contributed by atoms with Crippen LogP contribution in [0.1, 0.15) is 19.3 Å². The summed E-state index contributed by atoms with van der Waals surface area (Å²) in [7, 11) is 2.04. The minimum atomic E-state index is 0.395. The second kappa shape index (κ2) is 4.37. The highest BCUT2D eigenvalue weighted by atomic mass is 15.3. The van der Waals surface area contributed by atoms with Gasteiger partial charge in [0, 0.05) is 19.4 Å². The van der Waals surface area contributed by atoms with E-state index in [1.807, 2.05) is 13.1 Å². The molecule has 0 amide bonds. The van der Waals surface area contributed by atoms with Crippen LogP contribution in [0.15, 0.2) is 18.5 Å². The first-order valence-electron chi connectivity index (χ1n) is 5.11. The van der Waals surface area contributed by atoms with Crippen LogP contribution in [0, 0.1) is 0 Å². The van der Waals surface area contributed by atoms with Gasteiger partial charge in [0.05, 0.1) is 6.17 Å². The Hall–Kier alpha value is -1.16. The maximum atomic E-state index is 4.23. The zero-order chi connectivity index (χ0) is 9.80. The smallest absolute Gasteiger partial charge is 0.226 e. The van der Waals surface area contributed by atoms with Crippen LogP contribution >= 0.6 is 0 Å². The summed E-state index contributed by atoms with van der Waals surface area (Å²) >= 11 is 0. The van der Waals surface area contributed by atoms with Crippen molar-refractivity contribution in [3.8, 4) is 0 Å². The van der Waals surface area contributed by atoms with Crippen LogP contribution in [0.4, 0.5) is 5.95 Å². The third-order valence-corrected chi connectivity index (χ3v) is 2.62. The summed E-state index contributed by atoms with van der Waals surface area (Å²) in [5.74, 6) is 0.798. The Balaban J connectivity index is 2.03. The van der Waals surface area contributed by atoms with Crippen LogP contribution in [0.2, 0.25) is 0 Å². The van der Waals surface area contributed by atoms with Gasteiger partial charge in [-0.1, -0.05) is 0 Å². The molecule has 1 aromatic heterocycles. The van der Waals surface area contributed by atoms with Gasteiger partial charge < -0.3 is 4.90 Å². The summed E-state index contributed by atoms with van der Waals surface area (Å²) < 4.78 is 0. The third-order valence-electron chi connectivity index (χ3n) is 2.62. The largest absolute Gasteiger partial charge is 0.328 e. The second-order valence-corrected chi connectivity index (χ2v) is 3.63. The molecule has 1 aliphatic rings. The van der Waals surface area contributed by atoms with E-state index in [-0.39, 0.29) is 0 Å². The van der Waals surface area contributed by atoms with Gasteiger partial charge in [-0.3, -0.25) is 5.32 Å². The fourth-order valence-corrected chi connectivity index (χ4v) is 1.78. The molecule has 0 saturated carbocycles. The molecule has 0 aromatic carbocycles. The molecule has 1 aromatic rings. The average molecular weight is 192 g/mol. The van der Waals surface area contributed by atoms with Gasteiger partial charge in [0.2, 0.25) is 5.95 Å². The number of hydrogen-bond acceptors (Lipinski definition) is 4. The van der Waals surface area contributed by atoms with Gasteiger partial charge in [-0.25, -0.2) is 9.97 Å². The molecule has 76 valence electrons. The number of piperidine rings is 1. The van der Waals surface area contributed by atoms with Crippen molar-refractivity contribution in [1.82, 2.24) is 15.3 Å². The first-order valence-corrected chi connectivity index (χ1v) is 5.11. The molecule has 1 aliphatic heterocycles. The fourth-order valence-electron chi connectivity index (χ4n) is 1.78. The summed E-state index contributed by atoms with van der Waals surface area (Å²) in [5, 5.41) is 3.46. The van der Waals surface area contributed by atoms with Crippen molar-refractivity contribution < 1.29 is 0 Å². The van der Waals surface area contributed by atoms with Crippen LogP contribution in [0.3, 0.4) is 0 Å². The van der Waals surface area contributed by atoms with E-state index in [1.54, 1.807) is 12.4 Å². The number of aromatic nitrogens is 2. The zero-order valence-electron chi connectivity index (χ0n) is 8.48. The Morgan fingerprint density at radius 1 is 1.36 bits per heavy atom. The van der Waals surface area contributed by atoms with Crippen LogP contribution in [-0.2, 0) is 0 Å². The Kier molecular flexibility index (Phi) is 2.93. The van der Waals surface area contributed by atoms with E-state index in [0.717, 1.165) is 12.5 Å². The molecule has 0 spiro atoms. The zero-order valence-corrected chi connectivity index (χ0v) is 8.48. The lowest BCUT2D eigenvalue weighted by Gasteiger charge is -2.31. The lowest BCUT2D eigenvalue weighted by Crippen LogP contribution is -2.47. The van der Waals surface area contributed by atoms with Crippen molar-refractivity contribution >= 4 is 5.95 Å². The Morgan fingerprint density at radius 2 is 2.14 bits per heavy atom. The minimum Gasteiger partial charge on any atom is -0.328 e. The number of rotatable bonds is 2. The molecule has 1 unspecified atom stereocenters. The predicted octanol–water partition coefficient (Wildman–Crippen LogP) is 1.01. The molecular weight excluding hydrogens is 176 g/mol. The number of nitrogens with zero attached hydrogens (tertiary/aromatic N) is 3. The minimum absolute atomic E-state index is 0.395. The van der Waals surface area contributed by atoms with Gasteiger partial charge in [-0.2, -0.15) is 0 Å². The first kappa shape index (κ1) is 9.40. The second-order valence-electron chi connectivity index (χ2n) is 3.63. The monoisotopic (exact) mass is 192 g/mol. The maximum absolute atomic E-state index is 4.23. The highest BCUT2D eigenvalue weighted by Crippen LogP contribution is 2.13. The summed E-state index contributed by atoms with van der Waals surface area (Å²) in [6, 6.07) is 1.84. The molecule has 4 nitrogen and oxygen atoms in total. The van der Waals surface area contributed by atoms with Gasteiger partial charge in [0.25, 0.3) is 0 Å². The summed E-state index contributed by atoms with van der Waals surface area (Å²) in [6.07, 6.45) is 7.69. The van der Waals surface area contributed by atoms with Crippen molar-refractivity contribution in [3.63, 3.8) is 0 Å². The van der Waals surface area contributed by atoms with E-state index >= 15 is 0 Å². The molecule has 1 saturated heterocycles. The number of anilines is 1. The van der Waals surface area contributed by atoms with Crippen molar-refractivity contribution in [2.45, 2.75) is 25.4 Å². The van der Waals surface area contributed by atoms with Gasteiger partial charge in [0.1, 0.15) is 0 Å². The van der Waals surface area contributed by atoms with Crippen molar-refractivity contribution in [2.24, 2.45) is 0 Å². The van der Waals surface area contributed by atoms with E-state index in [1.165, 1.54) is 19.3 Å². The van der Waals surface area contributed by atoms with E-state index in [0.29, 0.717) is 6.17 Å². The molecule has 2 rings (SSSR count). The lowest BCUT2D eigenvalue weighted by atomic mass is 10.1. The highest BCUT2D eigenvalue weighted by Gasteiger charge is 2.18. The molecule has 2 heterocycles. The Morgan fingerprint density at radius 3 is 2.79 bits per heavy atom. The quantitative estimate of drug-likeness (QED) is 0.759. The fraction of sp³-hybridized carbons (Fsp3) is 0.600. The van der Waals surface area contributed by atoms with Gasteiger partial charge in [-0.15, -0.1) is 0 Å². The number of hydrogen-bond donors (Lipinski definition) is 1. The molecular formula is C10H16N4. The molecule has 1 atom stereocenters. The summed E-state index contributed by atoms with van der Waals surface area (Å²) in [4.78, 5) is 10.6.